The molecule has 0 aromatic heterocycles. The Morgan fingerprint density at radius 3 is 2.71 bits per heavy atom. The Bertz CT molecular complexity index is 731. The number of nitrogens with two attached hydrogens (primary N) is 1. The van der Waals surface area contributed by atoms with Crippen molar-refractivity contribution in [3.8, 4) is 11.1 Å². The molecule has 0 fully saturated rings. The molecule has 1 amide bonds. The number of cyclic esters (lactones) is 1. The molecule has 5 nitrogen and oxygen atoms in total. The average Bonchev–Trinajstić information content (AvgIpc) is 2.49. The number of anilines is 2. The van der Waals surface area contributed by atoms with Crippen LogP contribution in [0, 0.1) is 5.82 Å². The number of amides is 1. The summed E-state index contributed by atoms with van der Waals surface area (Å²) in [6.45, 7) is 0.121. The fourth-order valence-corrected chi connectivity index (χ4v) is 2.10. The zero-order valence-electron chi connectivity index (χ0n) is 11.0. The van der Waals surface area contributed by atoms with Crippen molar-refractivity contribution in [1.29, 1.82) is 0 Å². The molecule has 3 rings (SSSR count). The summed E-state index contributed by atoms with van der Waals surface area (Å²) in [4.78, 5) is 11.6. The van der Waals surface area contributed by atoms with Crippen LogP contribution >= 0.6 is 0 Å². The molecule has 2 aromatic carbocycles. The maximum Gasteiger partial charge on any atom is 0.435 e. The number of halogens is 1. The molecule has 0 bridgehead atoms. The predicted molar refractivity (Wildman–Crippen MR) is 78.6 cm³/mol. The first-order valence-corrected chi connectivity index (χ1v) is 6.30. The van der Waals surface area contributed by atoms with Crippen molar-refractivity contribution < 1.29 is 13.9 Å². The first-order chi connectivity index (χ1) is 10.2. The van der Waals surface area contributed by atoms with E-state index in [1.165, 1.54) is 12.3 Å². The van der Waals surface area contributed by atoms with E-state index in [2.05, 4.69) is 5.10 Å². The van der Waals surface area contributed by atoms with E-state index in [9.17, 15) is 9.18 Å². The minimum Gasteiger partial charge on any atom is -0.442 e. The molecule has 2 aromatic rings. The fourth-order valence-electron chi connectivity index (χ4n) is 2.10. The second kappa shape index (κ2) is 5.24. The van der Waals surface area contributed by atoms with Crippen molar-refractivity contribution in [1.82, 2.24) is 0 Å². The third-order valence-electron chi connectivity index (χ3n) is 3.10. The lowest BCUT2D eigenvalue weighted by atomic mass is 10.0. The third kappa shape index (κ3) is 2.43. The van der Waals surface area contributed by atoms with Crippen molar-refractivity contribution in [3.05, 3.63) is 48.3 Å². The number of carbonyl (C=O) groups excluding carboxylic acids is 1. The van der Waals surface area contributed by atoms with Gasteiger partial charge in [0.15, 0.2) is 0 Å². The van der Waals surface area contributed by atoms with Crippen LogP contribution in [-0.2, 0) is 4.74 Å². The van der Waals surface area contributed by atoms with Gasteiger partial charge in [0.2, 0.25) is 0 Å². The molecule has 0 radical (unpaired) electrons. The van der Waals surface area contributed by atoms with Crippen LogP contribution in [0.15, 0.2) is 47.6 Å². The number of benzene rings is 2. The summed E-state index contributed by atoms with van der Waals surface area (Å²) in [6, 6.07) is 11.4. The molecule has 1 heterocycles. The fraction of sp³-hybridized carbons (Fsp3) is 0.0667. The monoisotopic (exact) mass is 285 g/mol. The number of ether oxygens (including phenoxy) is 1. The highest BCUT2D eigenvalue weighted by molar-refractivity contribution is 5.91. The number of para-hydroxylation sites is 1. The molecule has 0 saturated heterocycles. The van der Waals surface area contributed by atoms with Crippen LogP contribution in [-0.4, -0.2) is 18.9 Å². The van der Waals surface area contributed by atoms with Crippen LogP contribution in [0.25, 0.3) is 11.1 Å². The Hall–Kier alpha value is -2.89. The second-order valence-corrected chi connectivity index (χ2v) is 4.44. The average molecular weight is 285 g/mol. The molecule has 1 aliphatic heterocycles. The lowest BCUT2D eigenvalue weighted by Crippen LogP contribution is -2.31. The van der Waals surface area contributed by atoms with Gasteiger partial charge < -0.3 is 10.5 Å². The summed E-state index contributed by atoms with van der Waals surface area (Å²) >= 11 is 0. The van der Waals surface area contributed by atoms with Gasteiger partial charge in [0.05, 0.1) is 11.9 Å². The van der Waals surface area contributed by atoms with Gasteiger partial charge in [-0.2, -0.15) is 10.1 Å². The molecule has 0 spiro atoms. The molecular formula is C15H12FN3O2. The number of hydrogen-bond donors (Lipinski definition) is 1. The van der Waals surface area contributed by atoms with E-state index in [1.807, 2.05) is 0 Å². The second-order valence-electron chi connectivity index (χ2n) is 4.44. The minimum absolute atomic E-state index is 0.121. The van der Waals surface area contributed by atoms with Gasteiger partial charge >= 0.3 is 6.09 Å². The zero-order valence-corrected chi connectivity index (χ0v) is 11.0. The number of nitrogen functional groups attached to an aromatic ring is 1. The zero-order chi connectivity index (χ0) is 14.8. The lowest BCUT2D eigenvalue weighted by Gasteiger charge is -2.20. The summed E-state index contributed by atoms with van der Waals surface area (Å²) in [5.41, 5.74) is 7.60. The molecule has 6 heteroatoms. The van der Waals surface area contributed by atoms with Gasteiger partial charge in [0.25, 0.3) is 0 Å². The van der Waals surface area contributed by atoms with Gasteiger partial charge in [-0.05, 0) is 18.2 Å². The molecular weight excluding hydrogens is 273 g/mol. The first kappa shape index (κ1) is 13.1. The topological polar surface area (TPSA) is 67.9 Å². The Balaban J connectivity index is 2.01. The van der Waals surface area contributed by atoms with E-state index in [0.29, 0.717) is 22.5 Å². The summed E-state index contributed by atoms with van der Waals surface area (Å²) in [5.74, 6) is -0.487. The summed E-state index contributed by atoms with van der Waals surface area (Å²) in [6.07, 6.45) is 0.798. The number of rotatable bonds is 2. The number of nitrogens with zero attached hydrogens (tertiary/aromatic N) is 2. The molecule has 0 saturated carbocycles. The van der Waals surface area contributed by atoms with E-state index >= 15 is 0 Å². The summed E-state index contributed by atoms with van der Waals surface area (Å²) < 4.78 is 19.1. The SMILES string of the molecule is Nc1ccccc1-c1ccc(N2N=CCOC2=O)cc1F. The molecule has 0 unspecified atom stereocenters. The van der Waals surface area contributed by atoms with Crippen LogP contribution in [0.4, 0.5) is 20.6 Å². The smallest absolute Gasteiger partial charge is 0.435 e. The standard InChI is InChI=1S/C15H12FN3O2/c16-13-9-10(19-15(20)21-8-7-18-19)5-6-11(13)12-3-1-2-4-14(12)17/h1-7,9H,8,17H2. The quantitative estimate of drug-likeness (QED) is 0.862. The maximum absolute atomic E-state index is 14.3. The summed E-state index contributed by atoms with van der Waals surface area (Å²) in [7, 11) is 0. The van der Waals surface area contributed by atoms with Gasteiger partial charge in [-0.25, -0.2) is 9.18 Å². The first-order valence-electron chi connectivity index (χ1n) is 6.30. The van der Waals surface area contributed by atoms with E-state index in [1.54, 1.807) is 36.4 Å². The highest BCUT2D eigenvalue weighted by Crippen LogP contribution is 2.31. The van der Waals surface area contributed by atoms with E-state index in [-0.39, 0.29) is 6.61 Å². The predicted octanol–water partition coefficient (Wildman–Crippen LogP) is 3.02. The van der Waals surface area contributed by atoms with Crippen LogP contribution in [0.2, 0.25) is 0 Å². The lowest BCUT2D eigenvalue weighted by molar-refractivity contribution is 0.167. The van der Waals surface area contributed by atoms with Gasteiger partial charge in [-0.3, -0.25) is 0 Å². The van der Waals surface area contributed by atoms with Crippen molar-refractivity contribution in [2.75, 3.05) is 17.3 Å². The third-order valence-corrected chi connectivity index (χ3v) is 3.10. The summed E-state index contributed by atoms with van der Waals surface area (Å²) in [5, 5.41) is 4.89. The van der Waals surface area contributed by atoms with Gasteiger partial charge in [0, 0.05) is 22.9 Å². The van der Waals surface area contributed by atoms with Crippen molar-refractivity contribution >= 4 is 23.7 Å². The Labute approximate surface area is 120 Å². The maximum atomic E-state index is 14.3. The van der Waals surface area contributed by atoms with Crippen LogP contribution < -0.4 is 10.7 Å². The largest absolute Gasteiger partial charge is 0.442 e. The molecule has 2 N–H and O–H groups in total. The number of hydrogen-bond acceptors (Lipinski definition) is 4. The highest BCUT2D eigenvalue weighted by Gasteiger charge is 2.20. The Kier molecular flexibility index (Phi) is 3.27. The molecule has 0 aliphatic carbocycles. The number of carbonyl (C=O) groups is 1. The Morgan fingerprint density at radius 1 is 1.19 bits per heavy atom. The minimum atomic E-state index is -0.635. The van der Waals surface area contributed by atoms with E-state index in [4.69, 9.17) is 10.5 Å². The van der Waals surface area contributed by atoms with Crippen LogP contribution in [0.5, 0.6) is 0 Å². The van der Waals surface area contributed by atoms with Crippen molar-refractivity contribution in [2.24, 2.45) is 5.10 Å². The Morgan fingerprint density at radius 2 is 2.00 bits per heavy atom. The molecule has 1 aliphatic rings. The highest BCUT2D eigenvalue weighted by atomic mass is 19.1. The van der Waals surface area contributed by atoms with Crippen molar-refractivity contribution in [2.45, 2.75) is 0 Å². The van der Waals surface area contributed by atoms with Gasteiger partial charge in [-0.1, -0.05) is 18.2 Å². The molecule has 0 atom stereocenters. The van der Waals surface area contributed by atoms with Crippen molar-refractivity contribution in [3.63, 3.8) is 0 Å². The van der Waals surface area contributed by atoms with Crippen LogP contribution in [0.3, 0.4) is 0 Å². The molecule has 21 heavy (non-hydrogen) atoms. The normalized spacial score (nSPS) is 14.1. The van der Waals surface area contributed by atoms with Gasteiger partial charge in [-0.15, -0.1) is 0 Å². The number of hydrazone groups is 1. The van der Waals surface area contributed by atoms with Crippen LogP contribution in [0.1, 0.15) is 0 Å². The van der Waals surface area contributed by atoms with E-state index < -0.39 is 11.9 Å². The molecule has 106 valence electrons. The van der Waals surface area contributed by atoms with E-state index in [0.717, 1.165) is 5.01 Å². The van der Waals surface area contributed by atoms with Gasteiger partial charge in [0.1, 0.15) is 12.4 Å².